The Morgan fingerprint density at radius 1 is 1.24 bits per heavy atom. The molecule has 2 N–H and O–H groups in total. The van der Waals surface area contributed by atoms with Crippen LogP contribution in [0.1, 0.15) is 18.1 Å². The maximum atomic E-state index is 11.8. The summed E-state index contributed by atoms with van der Waals surface area (Å²) in [5.41, 5.74) is 2.05. The average molecular weight is 285 g/mol. The summed E-state index contributed by atoms with van der Waals surface area (Å²) in [5, 5.41) is 5.49. The number of aromatic nitrogens is 1. The first-order valence-corrected chi connectivity index (χ1v) is 6.86. The minimum absolute atomic E-state index is 0.276. The summed E-state index contributed by atoms with van der Waals surface area (Å²) in [4.78, 5) is 15.9. The third-order valence-electron chi connectivity index (χ3n) is 2.84. The molecule has 0 fully saturated rings. The Balaban J connectivity index is 1.83. The van der Waals surface area contributed by atoms with Crippen molar-refractivity contribution in [2.45, 2.75) is 20.4 Å². The van der Waals surface area contributed by atoms with Gasteiger partial charge in [-0.05, 0) is 49.2 Å². The van der Waals surface area contributed by atoms with Gasteiger partial charge < -0.3 is 10.1 Å². The number of carbonyl (C=O) groups is 1. The van der Waals surface area contributed by atoms with E-state index in [-0.39, 0.29) is 6.03 Å². The van der Waals surface area contributed by atoms with Gasteiger partial charge in [0.2, 0.25) is 0 Å². The third kappa shape index (κ3) is 4.80. The summed E-state index contributed by atoms with van der Waals surface area (Å²) >= 11 is 0. The molecule has 1 aromatic carbocycles. The number of aryl methyl sites for hydroxylation is 1. The molecule has 0 saturated heterocycles. The first kappa shape index (κ1) is 14.8. The summed E-state index contributed by atoms with van der Waals surface area (Å²) in [6, 6.07) is 11.1. The highest BCUT2D eigenvalue weighted by molar-refractivity contribution is 5.88. The van der Waals surface area contributed by atoms with Crippen LogP contribution < -0.4 is 15.4 Å². The van der Waals surface area contributed by atoms with E-state index >= 15 is 0 Å². The van der Waals surface area contributed by atoms with Gasteiger partial charge in [-0.15, -0.1) is 0 Å². The van der Waals surface area contributed by atoms with E-state index in [4.69, 9.17) is 4.74 Å². The molecule has 1 aromatic heterocycles. The van der Waals surface area contributed by atoms with Gasteiger partial charge in [0, 0.05) is 12.7 Å². The van der Waals surface area contributed by atoms with Crippen LogP contribution in [0.5, 0.6) is 5.75 Å². The number of hydrogen-bond acceptors (Lipinski definition) is 3. The zero-order valence-corrected chi connectivity index (χ0v) is 12.2. The number of nitrogens with one attached hydrogen (secondary N) is 2. The van der Waals surface area contributed by atoms with Crippen LogP contribution in [-0.2, 0) is 6.54 Å². The van der Waals surface area contributed by atoms with Gasteiger partial charge in [0.15, 0.2) is 0 Å². The Kier molecular flexibility index (Phi) is 5.15. The predicted molar refractivity (Wildman–Crippen MR) is 82.4 cm³/mol. The van der Waals surface area contributed by atoms with Crippen molar-refractivity contribution in [1.82, 2.24) is 10.3 Å². The fraction of sp³-hybridized carbons (Fsp3) is 0.250. The van der Waals surface area contributed by atoms with Gasteiger partial charge in [-0.2, -0.15) is 0 Å². The van der Waals surface area contributed by atoms with Crippen molar-refractivity contribution in [1.29, 1.82) is 0 Å². The molecule has 0 unspecified atom stereocenters. The number of urea groups is 1. The number of pyridine rings is 1. The fourth-order valence-corrected chi connectivity index (χ4v) is 1.82. The lowest BCUT2D eigenvalue weighted by Gasteiger charge is -2.08. The Bertz CT molecular complexity index is 597. The normalized spacial score (nSPS) is 10.0. The van der Waals surface area contributed by atoms with Crippen LogP contribution in [0, 0.1) is 6.92 Å². The number of carbonyl (C=O) groups excluding carboxylic acids is 1. The van der Waals surface area contributed by atoms with E-state index in [0.29, 0.717) is 19.0 Å². The summed E-state index contributed by atoms with van der Waals surface area (Å²) in [5.74, 6) is 1.37. The third-order valence-corrected chi connectivity index (χ3v) is 2.84. The molecule has 2 amide bonds. The van der Waals surface area contributed by atoms with Crippen molar-refractivity contribution in [3.05, 3.63) is 53.7 Å². The molecule has 0 bridgehead atoms. The van der Waals surface area contributed by atoms with E-state index in [0.717, 1.165) is 16.9 Å². The molecule has 5 heteroatoms. The van der Waals surface area contributed by atoms with Crippen molar-refractivity contribution >= 4 is 11.8 Å². The summed E-state index contributed by atoms with van der Waals surface area (Å²) in [6.07, 6.45) is 1.66. The second-order valence-corrected chi connectivity index (χ2v) is 4.60. The molecule has 2 rings (SSSR count). The first-order chi connectivity index (χ1) is 10.2. The molecule has 1 heterocycles. The number of nitrogens with zero attached hydrogens (tertiary/aromatic N) is 1. The van der Waals surface area contributed by atoms with E-state index in [1.807, 2.05) is 50.2 Å². The van der Waals surface area contributed by atoms with Crippen LogP contribution in [-0.4, -0.2) is 17.6 Å². The van der Waals surface area contributed by atoms with Crippen LogP contribution in [0.2, 0.25) is 0 Å². The zero-order chi connectivity index (χ0) is 15.1. The lowest BCUT2D eigenvalue weighted by Crippen LogP contribution is -2.28. The fourth-order valence-electron chi connectivity index (χ4n) is 1.82. The highest BCUT2D eigenvalue weighted by atomic mass is 16.5. The van der Waals surface area contributed by atoms with Crippen molar-refractivity contribution in [2.24, 2.45) is 0 Å². The highest BCUT2D eigenvalue weighted by Gasteiger charge is 2.03. The van der Waals surface area contributed by atoms with E-state index in [1.54, 1.807) is 6.20 Å². The number of benzene rings is 1. The summed E-state index contributed by atoms with van der Waals surface area (Å²) in [7, 11) is 0. The second kappa shape index (κ2) is 7.28. The Morgan fingerprint density at radius 3 is 2.67 bits per heavy atom. The van der Waals surface area contributed by atoms with Gasteiger partial charge in [-0.3, -0.25) is 5.32 Å². The SMILES string of the molecule is CCOc1ccc(CNC(=O)Nc2cc(C)ccn2)cc1. The van der Waals surface area contributed by atoms with E-state index < -0.39 is 0 Å². The monoisotopic (exact) mass is 285 g/mol. The summed E-state index contributed by atoms with van der Waals surface area (Å²) in [6.45, 7) is 4.98. The number of ether oxygens (including phenoxy) is 1. The molecule has 0 spiro atoms. The molecule has 2 aromatic rings. The van der Waals surface area contributed by atoms with Crippen molar-refractivity contribution in [3.8, 4) is 5.75 Å². The van der Waals surface area contributed by atoms with Gasteiger partial charge in [0.25, 0.3) is 0 Å². The maximum Gasteiger partial charge on any atom is 0.320 e. The van der Waals surface area contributed by atoms with Crippen LogP contribution >= 0.6 is 0 Å². The first-order valence-electron chi connectivity index (χ1n) is 6.86. The second-order valence-electron chi connectivity index (χ2n) is 4.60. The van der Waals surface area contributed by atoms with E-state index in [9.17, 15) is 4.79 Å². The number of amides is 2. The van der Waals surface area contributed by atoms with Crippen molar-refractivity contribution < 1.29 is 9.53 Å². The highest BCUT2D eigenvalue weighted by Crippen LogP contribution is 2.12. The molecule has 21 heavy (non-hydrogen) atoms. The molecule has 0 aliphatic heterocycles. The predicted octanol–water partition coefficient (Wildman–Crippen LogP) is 3.11. The molecular formula is C16H19N3O2. The summed E-state index contributed by atoms with van der Waals surface area (Å²) < 4.78 is 5.37. The van der Waals surface area contributed by atoms with Gasteiger partial charge in [0.05, 0.1) is 6.61 Å². The molecular weight excluding hydrogens is 266 g/mol. The average Bonchev–Trinajstić information content (AvgIpc) is 2.47. The van der Waals surface area contributed by atoms with Gasteiger partial charge >= 0.3 is 6.03 Å². The largest absolute Gasteiger partial charge is 0.494 e. The Hall–Kier alpha value is -2.56. The molecule has 5 nitrogen and oxygen atoms in total. The molecule has 0 saturated carbocycles. The Labute approximate surface area is 124 Å². The van der Waals surface area contributed by atoms with Crippen LogP contribution in [0.4, 0.5) is 10.6 Å². The standard InChI is InChI=1S/C16H19N3O2/c1-3-21-14-6-4-13(5-7-14)11-18-16(20)19-15-10-12(2)8-9-17-15/h4-10H,3,11H2,1-2H3,(H2,17,18,19,20). The van der Waals surface area contributed by atoms with E-state index in [1.165, 1.54) is 0 Å². The van der Waals surface area contributed by atoms with Crippen LogP contribution in [0.3, 0.4) is 0 Å². The number of anilines is 1. The Morgan fingerprint density at radius 2 is 2.00 bits per heavy atom. The van der Waals surface area contributed by atoms with Crippen molar-refractivity contribution in [2.75, 3.05) is 11.9 Å². The van der Waals surface area contributed by atoms with Gasteiger partial charge in [-0.25, -0.2) is 9.78 Å². The van der Waals surface area contributed by atoms with Crippen molar-refractivity contribution in [3.63, 3.8) is 0 Å². The van der Waals surface area contributed by atoms with Gasteiger partial charge in [0.1, 0.15) is 11.6 Å². The molecule has 0 aliphatic carbocycles. The minimum atomic E-state index is -0.276. The lowest BCUT2D eigenvalue weighted by atomic mass is 10.2. The maximum absolute atomic E-state index is 11.8. The van der Waals surface area contributed by atoms with Crippen LogP contribution in [0.15, 0.2) is 42.6 Å². The topological polar surface area (TPSA) is 63.2 Å². The molecule has 0 atom stereocenters. The molecule has 0 aliphatic rings. The minimum Gasteiger partial charge on any atom is -0.494 e. The zero-order valence-electron chi connectivity index (χ0n) is 12.2. The lowest BCUT2D eigenvalue weighted by molar-refractivity contribution is 0.251. The quantitative estimate of drug-likeness (QED) is 0.887. The molecule has 0 radical (unpaired) electrons. The number of hydrogen-bond donors (Lipinski definition) is 2. The van der Waals surface area contributed by atoms with E-state index in [2.05, 4.69) is 15.6 Å². The smallest absolute Gasteiger partial charge is 0.320 e. The molecule has 110 valence electrons. The van der Waals surface area contributed by atoms with Gasteiger partial charge in [-0.1, -0.05) is 12.1 Å². The van der Waals surface area contributed by atoms with Crippen LogP contribution in [0.25, 0.3) is 0 Å². The number of rotatable bonds is 5.